The van der Waals surface area contributed by atoms with Crippen molar-refractivity contribution in [2.75, 3.05) is 26.2 Å². The van der Waals surface area contributed by atoms with Crippen molar-refractivity contribution in [1.82, 2.24) is 9.80 Å². The van der Waals surface area contributed by atoms with Crippen LogP contribution in [0.3, 0.4) is 0 Å². The highest BCUT2D eigenvalue weighted by atomic mass is 35.5. The summed E-state index contributed by atoms with van der Waals surface area (Å²) in [5, 5.41) is -0.258. The normalized spacial score (nSPS) is 19.7. The van der Waals surface area contributed by atoms with Crippen molar-refractivity contribution in [3.8, 4) is 0 Å². The lowest BCUT2D eigenvalue weighted by atomic mass is 10.2. The highest BCUT2D eigenvalue weighted by Gasteiger charge is 2.24. The van der Waals surface area contributed by atoms with Gasteiger partial charge in [0.1, 0.15) is 0 Å². The molecule has 3 nitrogen and oxygen atoms in total. The summed E-state index contributed by atoms with van der Waals surface area (Å²) >= 11 is 5.53. The quantitative estimate of drug-likeness (QED) is 0.779. The SMILES string of the molecule is CC(C(=O)Cl)N1CCN(Cc2ccccc2)CC1. The van der Waals surface area contributed by atoms with Gasteiger partial charge in [-0.15, -0.1) is 0 Å². The van der Waals surface area contributed by atoms with Gasteiger partial charge in [0, 0.05) is 32.7 Å². The number of hydrogen-bond acceptors (Lipinski definition) is 3. The summed E-state index contributed by atoms with van der Waals surface area (Å²) in [5.74, 6) is 0. The maximum Gasteiger partial charge on any atom is 0.238 e. The van der Waals surface area contributed by atoms with Gasteiger partial charge in [0.2, 0.25) is 5.24 Å². The Hall–Kier alpha value is -0.900. The predicted molar refractivity (Wildman–Crippen MR) is 73.6 cm³/mol. The Bertz CT molecular complexity index is 388. The lowest BCUT2D eigenvalue weighted by Crippen LogP contribution is -2.50. The van der Waals surface area contributed by atoms with E-state index in [0.717, 1.165) is 32.7 Å². The van der Waals surface area contributed by atoms with Crippen LogP contribution in [0.25, 0.3) is 0 Å². The number of nitrogens with zero attached hydrogens (tertiary/aromatic N) is 2. The van der Waals surface area contributed by atoms with E-state index in [0.29, 0.717) is 0 Å². The van der Waals surface area contributed by atoms with Crippen molar-refractivity contribution in [2.24, 2.45) is 0 Å². The zero-order chi connectivity index (χ0) is 13.0. The smallest absolute Gasteiger partial charge is 0.238 e. The summed E-state index contributed by atoms with van der Waals surface area (Å²) in [6.45, 7) is 6.66. The molecule has 1 unspecified atom stereocenters. The van der Waals surface area contributed by atoms with Gasteiger partial charge in [-0.25, -0.2) is 0 Å². The first-order chi connectivity index (χ1) is 8.66. The lowest BCUT2D eigenvalue weighted by molar-refractivity contribution is -0.116. The van der Waals surface area contributed by atoms with Gasteiger partial charge in [0.05, 0.1) is 6.04 Å². The van der Waals surface area contributed by atoms with Gasteiger partial charge in [-0.2, -0.15) is 0 Å². The summed E-state index contributed by atoms with van der Waals surface area (Å²) in [6.07, 6.45) is 0. The molecule has 4 heteroatoms. The highest BCUT2D eigenvalue weighted by Crippen LogP contribution is 2.11. The third-order valence-electron chi connectivity index (χ3n) is 3.53. The van der Waals surface area contributed by atoms with Gasteiger partial charge < -0.3 is 0 Å². The Kier molecular flexibility index (Phi) is 4.75. The van der Waals surface area contributed by atoms with Gasteiger partial charge in [0.15, 0.2) is 0 Å². The van der Waals surface area contributed by atoms with Crippen molar-refractivity contribution in [3.63, 3.8) is 0 Å². The topological polar surface area (TPSA) is 23.6 Å². The molecular weight excluding hydrogens is 248 g/mol. The first-order valence-electron chi connectivity index (χ1n) is 6.36. The molecule has 98 valence electrons. The van der Waals surface area contributed by atoms with E-state index in [9.17, 15) is 4.79 Å². The molecule has 1 saturated heterocycles. The molecule has 1 aliphatic heterocycles. The zero-order valence-corrected chi connectivity index (χ0v) is 11.4. The van der Waals surface area contributed by atoms with Crippen LogP contribution >= 0.6 is 11.6 Å². The molecule has 0 N–H and O–H groups in total. The summed E-state index contributed by atoms with van der Waals surface area (Å²) in [7, 11) is 0. The Morgan fingerprint density at radius 1 is 1.22 bits per heavy atom. The molecule has 2 rings (SSSR count). The lowest BCUT2D eigenvalue weighted by Gasteiger charge is -2.36. The first kappa shape index (κ1) is 13.5. The maximum atomic E-state index is 11.1. The Morgan fingerprint density at radius 2 is 1.83 bits per heavy atom. The monoisotopic (exact) mass is 266 g/mol. The number of benzene rings is 1. The average molecular weight is 267 g/mol. The van der Waals surface area contributed by atoms with Gasteiger partial charge in [-0.05, 0) is 24.1 Å². The minimum atomic E-state index is -0.258. The van der Waals surface area contributed by atoms with Crippen molar-refractivity contribution < 1.29 is 4.79 Å². The van der Waals surface area contributed by atoms with Gasteiger partial charge in [-0.3, -0.25) is 14.6 Å². The van der Waals surface area contributed by atoms with E-state index >= 15 is 0 Å². The first-order valence-corrected chi connectivity index (χ1v) is 6.74. The van der Waals surface area contributed by atoms with E-state index in [1.165, 1.54) is 5.56 Å². The largest absolute Gasteiger partial charge is 0.297 e. The number of rotatable bonds is 4. The Balaban J connectivity index is 1.82. The number of carbonyl (C=O) groups is 1. The van der Waals surface area contributed by atoms with Gasteiger partial charge >= 0.3 is 0 Å². The second kappa shape index (κ2) is 6.32. The van der Waals surface area contributed by atoms with Crippen LogP contribution in [0, 0.1) is 0 Å². The van der Waals surface area contributed by atoms with Crippen molar-refractivity contribution in [1.29, 1.82) is 0 Å². The van der Waals surface area contributed by atoms with Gasteiger partial charge in [-0.1, -0.05) is 30.3 Å². The fourth-order valence-electron chi connectivity index (χ4n) is 2.29. The van der Waals surface area contributed by atoms with Crippen LogP contribution in [-0.4, -0.2) is 47.3 Å². The van der Waals surface area contributed by atoms with E-state index in [4.69, 9.17) is 11.6 Å². The molecule has 0 aromatic heterocycles. The fraction of sp³-hybridized carbons (Fsp3) is 0.500. The van der Waals surface area contributed by atoms with Crippen molar-refractivity contribution >= 4 is 16.8 Å². The molecule has 1 fully saturated rings. The molecule has 0 aliphatic carbocycles. The van der Waals surface area contributed by atoms with Crippen LogP contribution in [-0.2, 0) is 11.3 Å². The van der Waals surface area contributed by atoms with Crippen LogP contribution in [0.4, 0.5) is 0 Å². The van der Waals surface area contributed by atoms with Crippen LogP contribution in [0.5, 0.6) is 0 Å². The summed E-state index contributed by atoms with van der Waals surface area (Å²) in [5.41, 5.74) is 1.34. The molecule has 0 spiro atoms. The molecule has 1 atom stereocenters. The molecule has 1 aromatic carbocycles. The number of hydrogen-bond donors (Lipinski definition) is 0. The van der Waals surface area contributed by atoms with E-state index in [1.54, 1.807) is 0 Å². The average Bonchev–Trinajstić information content (AvgIpc) is 2.40. The van der Waals surface area contributed by atoms with E-state index < -0.39 is 0 Å². The zero-order valence-electron chi connectivity index (χ0n) is 10.7. The maximum absolute atomic E-state index is 11.1. The Labute approximate surface area is 113 Å². The number of halogens is 1. The molecule has 0 radical (unpaired) electrons. The van der Waals surface area contributed by atoms with Crippen molar-refractivity contribution in [2.45, 2.75) is 19.5 Å². The summed E-state index contributed by atoms with van der Waals surface area (Å²) in [6, 6.07) is 10.3. The molecular formula is C14H19ClN2O. The summed E-state index contributed by atoms with van der Waals surface area (Å²) < 4.78 is 0. The minimum absolute atomic E-state index is 0.162. The molecule has 1 aliphatic rings. The van der Waals surface area contributed by atoms with E-state index in [-0.39, 0.29) is 11.3 Å². The Morgan fingerprint density at radius 3 is 2.39 bits per heavy atom. The minimum Gasteiger partial charge on any atom is -0.297 e. The predicted octanol–water partition coefficient (Wildman–Crippen LogP) is 1.96. The highest BCUT2D eigenvalue weighted by molar-refractivity contribution is 6.64. The fourth-order valence-corrected chi connectivity index (χ4v) is 2.43. The molecule has 1 aromatic rings. The van der Waals surface area contributed by atoms with E-state index in [2.05, 4.69) is 34.1 Å². The number of carbonyl (C=O) groups excluding carboxylic acids is 1. The summed E-state index contributed by atoms with van der Waals surface area (Å²) in [4.78, 5) is 15.7. The molecule has 0 saturated carbocycles. The van der Waals surface area contributed by atoms with Crippen LogP contribution in [0.2, 0.25) is 0 Å². The van der Waals surface area contributed by atoms with E-state index in [1.807, 2.05) is 13.0 Å². The van der Waals surface area contributed by atoms with Gasteiger partial charge in [0.25, 0.3) is 0 Å². The molecule has 0 bridgehead atoms. The second-order valence-electron chi connectivity index (χ2n) is 4.78. The third kappa shape index (κ3) is 3.55. The second-order valence-corrected chi connectivity index (χ2v) is 5.15. The molecule has 18 heavy (non-hydrogen) atoms. The van der Waals surface area contributed by atoms with Crippen LogP contribution in [0.15, 0.2) is 30.3 Å². The standard InChI is InChI=1S/C14H19ClN2O/c1-12(14(15)18)17-9-7-16(8-10-17)11-13-5-3-2-4-6-13/h2-6,12H,7-11H2,1H3. The van der Waals surface area contributed by atoms with Crippen LogP contribution < -0.4 is 0 Å². The number of piperazine rings is 1. The molecule has 1 heterocycles. The molecule has 0 amide bonds. The third-order valence-corrected chi connectivity index (χ3v) is 3.85. The van der Waals surface area contributed by atoms with Crippen LogP contribution in [0.1, 0.15) is 12.5 Å². The van der Waals surface area contributed by atoms with Crippen molar-refractivity contribution in [3.05, 3.63) is 35.9 Å².